The number of hydrogen-bond acceptors (Lipinski definition) is 5. The van der Waals surface area contributed by atoms with Crippen LogP contribution in [0.5, 0.6) is 11.5 Å². The van der Waals surface area contributed by atoms with Gasteiger partial charge in [-0.25, -0.2) is 9.37 Å². The molecule has 0 spiro atoms. The number of amides is 1. The SMILES string of the molecule is COc1ccc(NC(=O)CCc2ncc(-c3ccc(F)cc3)o2)cc1OC(F)F. The molecule has 2 aromatic carbocycles. The number of nitrogens with zero attached hydrogens (tertiary/aromatic N) is 1. The molecular weight excluding hydrogens is 389 g/mol. The second-order valence-electron chi connectivity index (χ2n) is 5.92. The monoisotopic (exact) mass is 406 g/mol. The number of aryl methyl sites for hydroxylation is 1. The van der Waals surface area contributed by atoms with Gasteiger partial charge in [0, 0.05) is 30.2 Å². The highest BCUT2D eigenvalue weighted by atomic mass is 19.3. The third kappa shape index (κ3) is 5.50. The number of carbonyl (C=O) groups is 1. The van der Waals surface area contributed by atoms with Crippen LogP contribution in [0.25, 0.3) is 11.3 Å². The zero-order valence-corrected chi connectivity index (χ0v) is 15.3. The van der Waals surface area contributed by atoms with Gasteiger partial charge in [0.1, 0.15) is 5.82 Å². The van der Waals surface area contributed by atoms with E-state index in [9.17, 15) is 18.0 Å². The molecule has 0 saturated heterocycles. The summed E-state index contributed by atoms with van der Waals surface area (Å²) in [6.07, 6.45) is 1.78. The molecule has 0 saturated carbocycles. The first-order valence-corrected chi connectivity index (χ1v) is 8.58. The largest absolute Gasteiger partial charge is 0.493 e. The lowest BCUT2D eigenvalue weighted by atomic mass is 10.2. The Bertz CT molecular complexity index is 974. The van der Waals surface area contributed by atoms with E-state index in [2.05, 4.69) is 15.0 Å². The van der Waals surface area contributed by atoms with Crippen LogP contribution < -0.4 is 14.8 Å². The standard InChI is InChI=1S/C20H17F3N2O4/c1-27-15-7-6-14(10-16(15)29-20(22)23)25-18(26)8-9-19-24-11-17(28-19)12-2-4-13(21)5-3-12/h2-7,10-11,20H,8-9H2,1H3,(H,25,26). The topological polar surface area (TPSA) is 73.6 Å². The van der Waals surface area contributed by atoms with Crippen LogP contribution in [-0.4, -0.2) is 24.6 Å². The normalized spacial score (nSPS) is 10.8. The number of halogens is 3. The van der Waals surface area contributed by atoms with Crippen molar-refractivity contribution in [2.24, 2.45) is 0 Å². The van der Waals surface area contributed by atoms with E-state index in [1.54, 1.807) is 12.1 Å². The fraction of sp³-hybridized carbons (Fsp3) is 0.200. The third-order valence-electron chi connectivity index (χ3n) is 3.91. The molecule has 1 amide bonds. The molecule has 0 bridgehead atoms. The Labute approximate surface area is 164 Å². The van der Waals surface area contributed by atoms with Crippen molar-refractivity contribution in [2.75, 3.05) is 12.4 Å². The molecule has 0 fully saturated rings. The van der Waals surface area contributed by atoms with E-state index in [1.165, 1.54) is 43.6 Å². The summed E-state index contributed by atoms with van der Waals surface area (Å²) in [5.74, 6) is 0.0270. The number of aromatic nitrogens is 1. The summed E-state index contributed by atoms with van der Waals surface area (Å²) in [7, 11) is 1.32. The fourth-order valence-corrected chi connectivity index (χ4v) is 2.56. The van der Waals surface area contributed by atoms with Gasteiger partial charge in [0.05, 0.1) is 13.3 Å². The average molecular weight is 406 g/mol. The van der Waals surface area contributed by atoms with Crippen LogP contribution in [0.4, 0.5) is 18.9 Å². The molecule has 3 aromatic rings. The van der Waals surface area contributed by atoms with E-state index >= 15 is 0 Å². The molecule has 6 nitrogen and oxygen atoms in total. The zero-order valence-electron chi connectivity index (χ0n) is 15.3. The maximum absolute atomic E-state index is 13.0. The maximum atomic E-state index is 13.0. The minimum atomic E-state index is -3.02. The Morgan fingerprint density at radius 2 is 1.93 bits per heavy atom. The predicted octanol–water partition coefficient (Wildman–Crippen LogP) is 4.66. The fourth-order valence-electron chi connectivity index (χ4n) is 2.56. The van der Waals surface area contributed by atoms with Crippen molar-refractivity contribution in [3.8, 4) is 22.8 Å². The smallest absolute Gasteiger partial charge is 0.387 e. The van der Waals surface area contributed by atoms with Crippen LogP contribution in [0.3, 0.4) is 0 Å². The lowest BCUT2D eigenvalue weighted by Gasteiger charge is -2.12. The van der Waals surface area contributed by atoms with E-state index in [0.29, 0.717) is 17.2 Å². The Morgan fingerprint density at radius 1 is 1.17 bits per heavy atom. The predicted molar refractivity (Wildman–Crippen MR) is 98.5 cm³/mol. The molecule has 1 N–H and O–H groups in total. The second-order valence-corrected chi connectivity index (χ2v) is 5.92. The van der Waals surface area contributed by atoms with Crippen LogP contribution in [0.1, 0.15) is 12.3 Å². The molecule has 0 unspecified atom stereocenters. The molecule has 1 aromatic heterocycles. The lowest BCUT2D eigenvalue weighted by molar-refractivity contribution is -0.116. The summed E-state index contributed by atoms with van der Waals surface area (Å²) in [6, 6.07) is 9.92. The number of benzene rings is 2. The van der Waals surface area contributed by atoms with Gasteiger partial charge in [-0.2, -0.15) is 8.78 Å². The molecule has 1 heterocycles. The Kier molecular flexibility index (Phi) is 6.38. The van der Waals surface area contributed by atoms with E-state index in [0.717, 1.165) is 0 Å². The summed E-state index contributed by atoms with van der Waals surface area (Å²) in [5, 5.41) is 2.59. The first-order chi connectivity index (χ1) is 13.9. The third-order valence-corrected chi connectivity index (χ3v) is 3.91. The molecular formula is C20H17F3N2O4. The Morgan fingerprint density at radius 3 is 2.62 bits per heavy atom. The van der Waals surface area contributed by atoms with Crippen molar-refractivity contribution < 1.29 is 31.9 Å². The first kappa shape index (κ1) is 20.2. The van der Waals surface area contributed by atoms with Gasteiger partial charge in [0.15, 0.2) is 23.1 Å². The molecule has 9 heteroatoms. The molecule has 0 atom stereocenters. The molecule has 29 heavy (non-hydrogen) atoms. The minimum absolute atomic E-state index is 0.0560. The lowest BCUT2D eigenvalue weighted by Crippen LogP contribution is -2.13. The van der Waals surface area contributed by atoms with Gasteiger partial charge in [-0.1, -0.05) is 0 Å². The number of carbonyl (C=O) groups excluding carboxylic acids is 1. The van der Waals surface area contributed by atoms with Crippen LogP contribution >= 0.6 is 0 Å². The highest BCUT2D eigenvalue weighted by Crippen LogP contribution is 2.31. The highest BCUT2D eigenvalue weighted by Gasteiger charge is 2.13. The van der Waals surface area contributed by atoms with Crippen molar-refractivity contribution in [3.63, 3.8) is 0 Å². The van der Waals surface area contributed by atoms with Gasteiger partial charge in [-0.05, 0) is 36.4 Å². The summed E-state index contributed by atoms with van der Waals surface area (Å²) < 4.78 is 52.8. The van der Waals surface area contributed by atoms with Crippen LogP contribution in [0, 0.1) is 5.82 Å². The minimum Gasteiger partial charge on any atom is -0.493 e. The summed E-state index contributed by atoms with van der Waals surface area (Å²) in [5.41, 5.74) is 0.949. The van der Waals surface area contributed by atoms with Gasteiger partial charge in [0.25, 0.3) is 0 Å². The van der Waals surface area contributed by atoms with Crippen LogP contribution in [0.15, 0.2) is 53.1 Å². The van der Waals surface area contributed by atoms with Crippen LogP contribution in [-0.2, 0) is 11.2 Å². The molecule has 3 rings (SSSR count). The van der Waals surface area contributed by atoms with Gasteiger partial charge in [0.2, 0.25) is 5.91 Å². The summed E-state index contributed by atoms with van der Waals surface area (Å²) in [6.45, 7) is -3.02. The van der Waals surface area contributed by atoms with E-state index in [4.69, 9.17) is 9.15 Å². The molecule has 0 radical (unpaired) electrons. The second kappa shape index (κ2) is 9.13. The number of rotatable bonds is 8. The highest BCUT2D eigenvalue weighted by molar-refractivity contribution is 5.91. The van der Waals surface area contributed by atoms with Crippen LogP contribution in [0.2, 0.25) is 0 Å². The molecule has 0 aliphatic carbocycles. The number of anilines is 1. The Hall–Kier alpha value is -3.49. The quantitative estimate of drug-likeness (QED) is 0.589. The number of nitrogens with one attached hydrogen (secondary N) is 1. The number of ether oxygens (including phenoxy) is 2. The number of methoxy groups -OCH3 is 1. The average Bonchev–Trinajstić information content (AvgIpc) is 3.16. The maximum Gasteiger partial charge on any atom is 0.387 e. The van der Waals surface area contributed by atoms with Crippen molar-refractivity contribution in [1.29, 1.82) is 0 Å². The van der Waals surface area contributed by atoms with Gasteiger partial charge in [-0.15, -0.1) is 0 Å². The number of oxazole rings is 1. The summed E-state index contributed by atoms with van der Waals surface area (Å²) in [4.78, 5) is 16.2. The number of hydrogen-bond donors (Lipinski definition) is 1. The first-order valence-electron chi connectivity index (χ1n) is 8.58. The zero-order chi connectivity index (χ0) is 20.8. The van der Waals surface area contributed by atoms with E-state index in [1.807, 2.05) is 0 Å². The van der Waals surface area contributed by atoms with Crippen molar-refractivity contribution in [1.82, 2.24) is 4.98 Å². The van der Waals surface area contributed by atoms with Crippen molar-refractivity contribution in [2.45, 2.75) is 19.5 Å². The Balaban J connectivity index is 1.58. The summed E-state index contributed by atoms with van der Waals surface area (Å²) >= 11 is 0. The molecule has 0 aliphatic heterocycles. The van der Waals surface area contributed by atoms with Gasteiger partial charge >= 0.3 is 6.61 Å². The van der Waals surface area contributed by atoms with Crippen molar-refractivity contribution >= 4 is 11.6 Å². The van der Waals surface area contributed by atoms with E-state index < -0.39 is 6.61 Å². The van der Waals surface area contributed by atoms with Crippen molar-refractivity contribution in [3.05, 3.63) is 60.4 Å². The molecule has 152 valence electrons. The van der Waals surface area contributed by atoms with Gasteiger partial charge < -0.3 is 19.2 Å². The van der Waals surface area contributed by atoms with E-state index in [-0.39, 0.29) is 41.8 Å². The number of alkyl halides is 2. The molecule has 0 aliphatic rings. The van der Waals surface area contributed by atoms with Gasteiger partial charge in [-0.3, -0.25) is 4.79 Å².